The molecule has 7 heteroatoms. The van der Waals surface area contributed by atoms with E-state index in [-0.39, 0.29) is 20.2 Å². The zero-order valence-corrected chi connectivity index (χ0v) is 21.9. The maximum absolute atomic E-state index is 10.1. The SMILES string of the molecule is CC/C(=C(/c1ccc(OCOC)cc1)c1ccc(OCC(O)CN(C)C)cc1)c1ccc2c(c1)OCO2. The Balaban J connectivity index is 1.69. The van der Waals surface area contributed by atoms with Gasteiger partial charge in [0, 0.05) is 13.7 Å². The molecule has 4 rings (SSSR count). The topological polar surface area (TPSA) is 69.6 Å². The van der Waals surface area contributed by atoms with Crippen molar-refractivity contribution in [2.45, 2.75) is 19.4 Å². The Morgan fingerprint density at radius 3 is 2.05 bits per heavy atom. The quantitative estimate of drug-likeness (QED) is 0.272. The van der Waals surface area contributed by atoms with Gasteiger partial charge in [-0.05, 0) is 84.8 Å². The summed E-state index contributed by atoms with van der Waals surface area (Å²) >= 11 is 0. The number of likely N-dealkylation sites (N-methyl/N-ethyl adjacent to an activating group) is 1. The Bertz CT molecular complexity index is 1190. The molecule has 1 N–H and O–H groups in total. The fraction of sp³-hybridized carbons (Fsp3) is 0.333. The van der Waals surface area contributed by atoms with Crippen molar-refractivity contribution in [2.24, 2.45) is 0 Å². The molecule has 1 unspecified atom stereocenters. The van der Waals surface area contributed by atoms with E-state index in [4.69, 9.17) is 23.7 Å². The molecule has 1 heterocycles. The van der Waals surface area contributed by atoms with Crippen LogP contribution < -0.4 is 18.9 Å². The third-order valence-corrected chi connectivity index (χ3v) is 6.02. The lowest BCUT2D eigenvalue weighted by atomic mass is 9.88. The second-order valence-electron chi connectivity index (χ2n) is 9.10. The van der Waals surface area contributed by atoms with Crippen LogP contribution in [-0.4, -0.2) is 64.1 Å². The van der Waals surface area contributed by atoms with E-state index in [2.05, 4.69) is 37.3 Å². The molecule has 0 aromatic heterocycles. The highest BCUT2D eigenvalue weighted by Crippen LogP contribution is 2.40. The molecule has 1 aliphatic heterocycles. The Labute approximate surface area is 218 Å². The molecule has 0 radical (unpaired) electrons. The van der Waals surface area contributed by atoms with E-state index in [0.29, 0.717) is 12.3 Å². The van der Waals surface area contributed by atoms with Gasteiger partial charge in [-0.25, -0.2) is 0 Å². The van der Waals surface area contributed by atoms with E-state index in [1.165, 1.54) is 5.57 Å². The van der Waals surface area contributed by atoms with Crippen molar-refractivity contribution < 1.29 is 28.8 Å². The third kappa shape index (κ3) is 6.83. The fourth-order valence-corrected chi connectivity index (χ4v) is 4.35. The fourth-order valence-electron chi connectivity index (χ4n) is 4.35. The van der Waals surface area contributed by atoms with E-state index < -0.39 is 6.10 Å². The van der Waals surface area contributed by atoms with Crippen molar-refractivity contribution in [3.05, 3.63) is 83.4 Å². The Morgan fingerprint density at radius 2 is 1.46 bits per heavy atom. The molecule has 0 amide bonds. The molecule has 1 atom stereocenters. The molecule has 37 heavy (non-hydrogen) atoms. The predicted molar refractivity (Wildman–Crippen MR) is 144 cm³/mol. The molecular weight excluding hydrogens is 470 g/mol. The summed E-state index contributed by atoms with van der Waals surface area (Å²) < 4.78 is 27.6. The molecule has 0 saturated heterocycles. The van der Waals surface area contributed by atoms with E-state index in [0.717, 1.165) is 45.9 Å². The van der Waals surface area contributed by atoms with Crippen molar-refractivity contribution >= 4 is 11.1 Å². The molecule has 0 saturated carbocycles. The predicted octanol–water partition coefficient (Wildman–Crippen LogP) is 5.07. The summed E-state index contributed by atoms with van der Waals surface area (Å²) in [5, 5.41) is 10.1. The molecule has 0 spiro atoms. The van der Waals surface area contributed by atoms with Gasteiger partial charge in [0.1, 0.15) is 24.2 Å². The van der Waals surface area contributed by atoms with Gasteiger partial charge in [-0.15, -0.1) is 0 Å². The van der Waals surface area contributed by atoms with Crippen molar-refractivity contribution in [1.29, 1.82) is 0 Å². The Hall–Kier alpha value is -3.52. The van der Waals surface area contributed by atoms with Crippen LogP contribution >= 0.6 is 0 Å². The molecule has 3 aromatic carbocycles. The standard InChI is InChI=1S/C30H35NO6/c1-5-27(23-10-15-28-29(16-23)37-20-36-28)30(22-8-13-26(14-9-22)35-19-33-4)21-6-11-25(12-7-21)34-18-24(32)17-31(2)3/h6-16,24,32H,5,17-20H2,1-4H3/b30-27-. The maximum Gasteiger partial charge on any atom is 0.231 e. The van der Waals surface area contributed by atoms with Crippen LogP contribution in [-0.2, 0) is 4.74 Å². The number of aliphatic hydroxyl groups is 1. The summed E-state index contributed by atoms with van der Waals surface area (Å²) in [5.74, 6) is 2.97. The first kappa shape index (κ1) is 26.5. The van der Waals surface area contributed by atoms with Crippen LogP contribution in [0.5, 0.6) is 23.0 Å². The molecule has 1 aliphatic rings. The molecular formula is C30H35NO6. The van der Waals surface area contributed by atoms with Gasteiger partial charge in [-0.1, -0.05) is 37.3 Å². The number of hydrogen-bond donors (Lipinski definition) is 1. The van der Waals surface area contributed by atoms with Gasteiger partial charge < -0.3 is 33.7 Å². The Kier molecular flexibility index (Phi) is 9.06. The minimum absolute atomic E-state index is 0.199. The van der Waals surface area contributed by atoms with E-state index in [1.54, 1.807) is 7.11 Å². The normalized spacial score (nSPS) is 13.9. The summed E-state index contributed by atoms with van der Waals surface area (Å²) in [6.45, 7) is 3.37. The highest BCUT2D eigenvalue weighted by Gasteiger charge is 2.18. The van der Waals surface area contributed by atoms with E-state index in [9.17, 15) is 5.11 Å². The summed E-state index contributed by atoms with van der Waals surface area (Å²) in [5.41, 5.74) is 5.49. The molecule has 7 nitrogen and oxygen atoms in total. The highest BCUT2D eigenvalue weighted by molar-refractivity contribution is 5.99. The van der Waals surface area contributed by atoms with Crippen molar-refractivity contribution in [3.8, 4) is 23.0 Å². The number of benzene rings is 3. The first-order chi connectivity index (χ1) is 18.0. The second-order valence-corrected chi connectivity index (χ2v) is 9.10. The van der Waals surface area contributed by atoms with Gasteiger partial charge in [0.05, 0.1) is 0 Å². The number of rotatable bonds is 12. The van der Waals surface area contributed by atoms with Crippen LogP contribution in [0, 0.1) is 0 Å². The number of hydrogen-bond acceptors (Lipinski definition) is 7. The molecule has 0 fully saturated rings. The number of ether oxygens (including phenoxy) is 5. The summed E-state index contributed by atoms with van der Waals surface area (Å²) in [7, 11) is 5.45. The summed E-state index contributed by atoms with van der Waals surface area (Å²) in [6.07, 6.45) is 0.257. The average Bonchev–Trinajstić information content (AvgIpc) is 3.38. The third-order valence-electron chi connectivity index (χ3n) is 6.02. The second kappa shape index (κ2) is 12.6. The van der Waals surface area contributed by atoms with Crippen LogP contribution in [0.3, 0.4) is 0 Å². The number of nitrogens with zero attached hydrogens (tertiary/aromatic N) is 1. The lowest BCUT2D eigenvalue weighted by Crippen LogP contribution is -2.30. The lowest BCUT2D eigenvalue weighted by molar-refractivity contribution is 0.0511. The van der Waals surface area contributed by atoms with Gasteiger partial charge >= 0.3 is 0 Å². The first-order valence-electron chi connectivity index (χ1n) is 12.4. The average molecular weight is 506 g/mol. The number of aliphatic hydroxyl groups excluding tert-OH is 1. The molecule has 0 aliphatic carbocycles. The van der Waals surface area contributed by atoms with Gasteiger partial charge in [0.25, 0.3) is 0 Å². The van der Waals surface area contributed by atoms with Crippen molar-refractivity contribution in [1.82, 2.24) is 4.90 Å². The molecule has 3 aromatic rings. The van der Waals surface area contributed by atoms with E-state index >= 15 is 0 Å². The largest absolute Gasteiger partial charge is 0.491 e. The van der Waals surface area contributed by atoms with Crippen molar-refractivity contribution in [2.75, 3.05) is 47.9 Å². The number of methoxy groups -OCH3 is 1. The molecule has 0 bridgehead atoms. The Morgan fingerprint density at radius 1 is 0.865 bits per heavy atom. The van der Waals surface area contributed by atoms with Crippen LogP contribution in [0.25, 0.3) is 11.1 Å². The van der Waals surface area contributed by atoms with Crippen LogP contribution in [0.1, 0.15) is 30.0 Å². The van der Waals surface area contributed by atoms with E-state index in [1.807, 2.05) is 55.4 Å². The zero-order chi connectivity index (χ0) is 26.2. The minimum Gasteiger partial charge on any atom is -0.491 e. The zero-order valence-electron chi connectivity index (χ0n) is 21.9. The maximum atomic E-state index is 10.1. The highest BCUT2D eigenvalue weighted by atomic mass is 16.7. The monoisotopic (exact) mass is 505 g/mol. The number of fused-ring (bicyclic) bond motifs is 1. The van der Waals surface area contributed by atoms with Crippen LogP contribution in [0.4, 0.5) is 0 Å². The smallest absolute Gasteiger partial charge is 0.231 e. The van der Waals surface area contributed by atoms with Crippen molar-refractivity contribution in [3.63, 3.8) is 0 Å². The van der Waals surface area contributed by atoms with Gasteiger partial charge in [0.2, 0.25) is 6.79 Å². The summed E-state index contributed by atoms with van der Waals surface area (Å²) in [4.78, 5) is 1.93. The van der Waals surface area contributed by atoms with Crippen LogP contribution in [0.2, 0.25) is 0 Å². The first-order valence-corrected chi connectivity index (χ1v) is 12.4. The number of allylic oxidation sites excluding steroid dienone is 1. The lowest BCUT2D eigenvalue weighted by Gasteiger charge is -2.18. The van der Waals surface area contributed by atoms with Gasteiger partial charge in [0.15, 0.2) is 18.3 Å². The van der Waals surface area contributed by atoms with Gasteiger partial charge in [-0.3, -0.25) is 0 Å². The molecule has 196 valence electrons. The van der Waals surface area contributed by atoms with Crippen LogP contribution in [0.15, 0.2) is 66.7 Å². The van der Waals surface area contributed by atoms with Gasteiger partial charge in [-0.2, -0.15) is 0 Å². The summed E-state index contributed by atoms with van der Waals surface area (Å²) in [6, 6.07) is 22.1. The minimum atomic E-state index is -0.554.